The fourth-order valence-corrected chi connectivity index (χ4v) is 4.25. The van der Waals surface area contributed by atoms with E-state index in [4.69, 9.17) is 4.42 Å². The van der Waals surface area contributed by atoms with Gasteiger partial charge in [0, 0.05) is 12.2 Å². The second kappa shape index (κ2) is 8.12. The molecule has 1 saturated carbocycles. The van der Waals surface area contributed by atoms with Gasteiger partial charge in [-0.25, -0.2) is 12.7 Å². The largest absolute Gasteiger partial charge is 0.428 e. The van der Waals surface area contributed by atoms with E-state index in [1.807, 2.05) is 30.3 Å². The Bertz CT molecular complexity index is 887. The van der Waals surface area contributed by atoms with E-state index in [9.17, 15) is 13.2 Å². The number of nitrogens with zero attached hydrogens (tertiary/aromatic N) is 2. The molecule has 27 heavy (non-hydrogen) atoms. The first kappa shape index (κ1) is 19.4. The van der Waals surface area contributed by atoms with Crippen LogP contribution in [0, 0.1) is 12.8 Å². The number of amides is 1. The van der Waals surface area contributed by atoms with Crippen molar-refractivity contribution in [2.75, 3.05) is 18.1 Å². The molecule has 7 nitrogen and oxygen atoms in total. The van der Waals surface area contributed by atoms with Crippen LogP contribution in [0.5, 0.6) is 0 Å². The zero-order valence-electron chi connectivity index (χ0n) is 15.6. The fraction of sp³-hybridized carbons (Fsp3) is 0.474. The van der Waals surface area contributed by atoms with Crippen molar-refractivity contribution in [3.63, 3.8) is 0 Å². The van der Waals surface area contributed by atoms with Crippen molar-refractivity contribution < 1.29 is 17.6 Å². The number of carbonyl (C=O) groups excluding carboxylic acids is 1. The van der Waals surface area contributed by atoms with E-state index in [0.717, 1.165) is 29.1 Å². The summed E-state index contributed by atoms with van der Waals surface area (Å²) in [6.45, 7) is 1.78. The number of oxazole rings is 1. The summed E-state index contributed by atoms with van der Waals surface area (Å²) in [6.07, 6.45) is 6.28. The summed E-state index contributed by atoms with van der Waals surface area (Å²) in [5, 5.41) is 2.98. The van der Waals surface area contributed by atoms with Crippen LogP contribution in [0.2, 0.25) is 0 Å². The Morgan fingerprint density at radius 1 is 1.26 bits per heavy atom. The first-order chi connectivity index (χ1) is 12.8. The first-order valence-electron chi connectivity index (χ1n) is 9.16. The number of nitrogens with one attached hydrogen (secondary N) is 1. The van der Waals surface area contributed by atoms with Crippen molar-refractivity contribution >= 4 is 27.6 Å². The van der Waals surface area contributed by atoms with Gasteiger partial charge < -0.3 is 9.73 Å². The van der Waals surface area contributed by atoms with Gasteiger partial charge in [-0.15, -0.1) is 0 Å². The van der Waals surface area contributed by atoms with Gasteiger partial charge in [0.15, 0.2) is 5.69 Å². The molecule has 1 aromatic heterocycles. The highest BCUT2D eigenvalue weighted by Gasteiger charge is 2.30. The monoisotopic (exact) mass is 391 g/mol. The highest BCUT2D eigenvalue weighted by Crippen LogP contribution is 2.28. The number of aryl methyl sites for hydroxylation is 1. The molecule has 0 aliphatic heterocycles. The summed E-state index contributed by atoms with van der Waals surface area (Å²) in [6, 6.07) is 9.44. The Labute approximate surface area is 159 Å². The third-order valence-corrected chi connectivity index (χ3v) is 6.02. The van der Waals surface area contributed by atoms with E-state index in [1.165, 1.54) is 12.8 Å². The molecule has 146 valence electrons. The maximum Gasteiger partial charge on any atom is 0.300 e. The minimum atomic E-state index is -3.69. The number of rotatable bonds is 7. The van der Waals surface area contributed by atoms with Gasteiger partial charge >= 0.3 is 0 Å². The molecule has 0 saturated heterocycles. The molecule has 1 N–H and O–H groups in total. The molecule has 1 aromatic carbocycles. The minimum Gasteiger partial charge on any atom is -0.428 e. The van der Waals surface area contributed by atoms with Gasteiger partial charge in [0.25, 0.3) is 11.9 Å². The van der Waals surface area contributed by atoms with E-state index >= 15 is 0 Å². The maximum absolute atomic E-state index is 12.9. The van der Waals surface area contributed by atoms with Crippen LogP contribution in [0.25, 0.3) is 0 Å². The molecule has 1 fully saturated rings. The molecule has 0 spiro atoms. The molecule has 1 aliphatic rings. The van der Waals surface area contributed by atoms with Gasteiger partial charge in [0.2, 0.25) is 10.0 Å². The van der Waals surface area contributed by atoms with Crippen LogP contribution in [-0.4, -0.2) is 36.4 Å². The average Bonchev–Trinajstić information content (AvgIpc) is 3.24. The Balaban J connectivity index is 1.76. The third-order valence-electron chi connectivity index (χ3n) is 4.87. The highest BCUT2D eigenvalue weighted by atomic mass is 32.2. The van der Waals surface area contributed by atoms with Gasteiger partial charge in [0.05, 0.1) is 6.26 Å². The number of benzene rings is 1. The molecule has 0 atom stereocenters. The zero-order valence-corrected chi connectivity index (χ0v) is 16.5. The van der Waals surface area contributed by atoms with Crippen LogP contribution < -0.4 is 5.32 Å². The number of carbonyl (C=O) groups is 1. The molecule has 2 aromatic rings. The normalized spacial score (nSPS) is 15.0. The van der Waals surface area contributed by atoms with E-state index in [1.54, 1.807) is 6.92 Å². The van der Waals surface area contributed by atoms with Crippen LogP contribution in [0.4, 0.5) is 11.7 Å². The van der Waals surface area contributed by atoms with Crippen molar-refractivity contribution in [3.8, 4) is 0 Å². The van der Waals surface area contributed by atoms with Crippen molar-refractivity contribution in [1.29, 1.82) is 0 Å². The summed E-state index contributed by atoms with van der Waals surface area (Å²) in [4.78, 5) is 17.1. The van der Waals surface area contributed by atoms with Gasteiger partial charge in [-0.05, 0) is 31.4 Å². The van der Waals surface area contributed by atoms with Crippen LogP contribution in [0.3, 0.4) is 0 Å². The second-order valence-corrected chi connectivity index (χ2v) is 8.90. The summed E-state index contributed by atoms with van der Waals surface area (Å²) in [5.41, 5.74) is 0.782. The number of hydrogen-bond donors (Lipinski definition) is 1. The van der Waals surface area contributed by atoms with E-state index in [-0.39, 0.29) is 24.0 Å². The maximum atomic E-state index is 12.9. The zero-order chi connectivity index (χ0) is 19.4. The molecule has 3 rings (SSSR count). The van der Waals surface area contributed by atoms with Crippen LogP contribution in [-0.2, 0) is 10.0 Å². The molecule has 1 amide bonds. The Kier molecular flexibility index (Phi) is 5.84. The summed E-state index contributed by atoms with van der Waals surface area (Å²) < 4.78 is 30.8. The number of para-hydroxylation sites is 1. The van der Waals surface area contributed by atoms with E-state index < -0.39 is 15.9 Å². The lowest BCUT2D eigenvalue weighted by Gasteiger charge is -2.21. The molecular formula is C19H25N3O4S. The van der Waals surface area contributed by atoms with Crippen LogP contribution in [0.15, 0.2) is 34.7 Å². The summed E-state index contributed by atoms with van der Waals surface area (Å²) >= 11 is 0. The molecular weight excluding hydrogens is 366 g/mol. The topological polar surface area (TPSA) is 92.5 Å². The van der Waals surface area contributed by atoms with Gasteiger partial charge in [-0.1, -0.05) is 43.9 Å². The molecule has 0 radical (unpaired) electrons. The summed E-state index contributed by atoms with van der Waals surface area (Å²) in [7, 11) is -3.69. The van der Waals surface area contributed by atoms with Crippen LogP contribution >= 0.6 is 0 Å². The lowest BCUT2D eigenvalue weighted by molar-refractivity contribution is 0.0850. The number of anilines is 2. The SMILES string of the molecule is Cc1oc(Nc2ccccc2)nc1C(=O)N(CCC1CCCC1)S(C)(=O)=O. The first-order valence-corrected chi connectivity index (χ1v) is 11.0. The quantitative estimate of drug-likeness (QED) is 0.773. The minimum absolute atomic E-state index is 0.0188. The second-order valence-electron chi connectivity index (χ2n) is 6.99. The smallest absolute Gasteiger partial charge is 0.300 e. The van der Waals surface area contributed by atoms with E-state index in [2.05, 4.69) is 10.3 Å². The van der Waals surface area contributed by atoms with Crippen molar-refractivity contribution in [2.45, 2.75) is 39.0 Å². The third kappa shape index (κ3) is 4.88. The molecule has 1 aliphatic carbocycles. The van der Waals surface area contributed by atoms with Gasteiger partial charge in [-0.2, -0.15) is 4.98 Å². The highest BCUT2D eigenvalue weighted by molar-refractivity contribution is 7.88. The number of aromatic nitrogens is 1. The van der Waals surface area contributed by atoms with Gasteiger partial charge in [-0.3, -0.25) is 4.79 Å². The number of hydrogen-bond acceptors (Lipinski definition) is 6. The Morgan fingerprint density at radius 2 is 1.93 bits per heavy atom. The fourth-order valence-electron chi connectivity index (χ4n) is 3.43. The van der Waals surface area contributed by atoms with Crippen molar-refractivity contribution in [1.82, 2.24) is 9.29 Å². The van der Waals surface area contributed by atoms with E-state index in [0.29, 0.717) is 12.3 Å². The molecule has 8 heteroatoms. The molecule has 1 heterocycles. The lowest BCUT2D eigenvalue weighted by Crippen LogP contribution is -2.38. The lowest BCUT2D eigenvalue weighted by atomic mass is 10.0. The van der Waals surface area contributed by atoms with Crippen molar-refractivity contribution in [3.05, 3.63) is 41.8 Å². The molecule has 0 unspecified atom stereocenters. The Morgan fingerprint density at radius 3 is 2.56 bits per heavy atom. The molecule has 0 bridgehead atoms. The summed E-state index contributed by atoms with van der Waals surface area (Å²) in [5.74, 6) is 0.126. The standard InChI is InChI=1S/C19H25N3O4S/c1-14-17(21-19(26-14)20-16-10-4-3-5-11-16)18(23)22(27(2,24)25)13-12-15-8-6-7-9-15/h3-5,10-11,15H,6-9,12-13H2,1-2H3,(H,20,21). The van der Waals surface area contributed by atoms with Crippen LogP contribution in [0.1, 0.15) is 48.4 Å². The van der Waals surface area contributed by atoms with Gasteiger partial charge in [0.1, 0.15) is 5.76 Å². The predicted molar refractivity (Wildman–Crippen MR) is 103 cm³/mol. The van der Waals surface area contributed by atoms with Crippen molar-refractivity contribution in [2.24, 2.45) is 5.92 Å². The number of sulfonamides is 1. The Hall–Kier alpha value is -2.35. The average molecular weight is 391 g/mol. The predicted octanol–water partition coefficient (Wildman–Crippen LogP) is 3.71.